The maximum atomic E-state index is 12.5. The van der Waals surface area contributed by atoms with Crippen LogP contribution in [0.5, 0.6) is 0 Å². The topological polar surface area (TPSA) is 149 Å². The van der Waals surface area contributed by atoms with Gasteiger partial charge in [0.1, 0.15) is 24.4 Å². The van der Waals surface area contributed by atoms with E-state index in [2.05, 4.69) is 12.2 Å². The Balaban J connectivity index is 1.93. The molecule has 7 atom stereocenters. The molecule has 1 rings (SSSR count). The molecule has 0 saturated carbocycles. The van der Waals surface area contributed by atoms with Crippen molar-refractivity contribution in [3.63, 3.8) is 0 Å². The van der Waals surface area contributed by atoms with Crippen molar-refractivity contribution in [1.29, 1.82) is 0 Å². The summed E-state index contributed by atoms with van der Waals surface area (Å²) in [6.07, 6.45) is 40.0. The third-order valence-corrected chi connectivity index (χ3v) is 12.5. The van der Waals surface area contributed by atoms with Gasteiger partial charge in [-0.05, 0) is 12.8 Å². The number of unbranched alkanes of at least 4 members (excludes halogenated alkanes) is 33. The van der Waals surface area contributed by atoms with Crippen molar-refractivity contribution in [3.8, 4) is 0 Å². The van der Waals surface area contributed by atoms with E-state index in [0.29, 0.717) is 12.8 Å². The second-order valence-corrected chi connectivity index (χ2v) is 18.0. The summed E-state index contributed by atoms with van der Waals surface area (Å²) < 4.78 is 11.1. The second-order valence-electron chi connectivity index (χ2n) is 18.0. The summed E-state index contributed by atoms with van der Waals surface area (Å²) in [6.45, 7) is 3.61. The maximum absolute atomic E-state index is 12.5. The molecular formula is C49H97NO8. The quantitative estimate of drug-likeness (QED) is 0.0333. The van der Waals surface area contributed by atoms with Crippen molar-refractivity contribution in [2.24, 2.45) is 0 Å². The van der Waals surface area contributed by atoms with E-state index in [4.69, 9.17) is 9.47 Å². The fraction of sp³-hybridized carbons (Fsp3) is 0.980. The smallest absolute Gasteiger partial charge is 0.220 e. The highest BCUT2D eigenvalue weighted by atomic mass is 16.7. The van der Waals surface area contributed by atoms with Crippen LogP contribution in [0.3, 0.4) is 0 Å². The normalized spacial score (nSPS) is 20.7. The molecule has 1 fully saturated rings. The lowest BCUT2D eigenvalue weighted by Gasteiger charge is -2.40. The number of ether oxygens (including phenoxy) is 2. The van der Waals surface area contributed by atoms with Crippen LogP contribution in [0.15, 0.2) is 0 Å². The minimum atomic E-state index is -1.55. The predicted molar refractivity (Wildman–Crippen MR) is 240 cm³/mol. The number of nitrogens with one attached hydrogen (secondary N) is 1. The minimum Gasteiger partial charge on any atom is -0.394 e. The van der Waals surface area contributed by atoms with Gasteiger partial charge in [0, 0.05) is 6.42 Å². The number of aliphatic hydroxyl groups excluding tert-OH is 5. The number of aliphatic hydroxyl groups is 5. The first-order valence-electron chi connectivity index (χ1n) is 25.2. The van der Waals surface area contributed by atoms with Gasteiger partial charge in [-0.2, -0.15) is 0 Å². The van der Waals surface area contributed by atoms with Crippen molar-refractivity contribution in [3.05, 3.63) is 0 Å². The Morgan fingerprint density at radius 2 is 0.862 bits per heavy atom. The Morgan fingerprint density at radius 1 is 0.517 bits per heavy atom. The standard InChI is InChI=1S/C49H97NO8/c1-3-5-7-8-9-10-11-12-13-14-15-16-17-18-19-20-21-22-23-24-25-26-27-28-29-30-31-32-33-34-35-36-37-38-43(52)42(50-45(53)39-6-4-2)41-57-49-48(56)47(55)46(54)44(40-51)58-49/h42-44,46-49,51-52,54-56H,3-41H2,1-2H3,(H,50,53). The first-order valence-corrected chi connectivity index (χ1v) is 25.2. The first kappa shape index (κ1) is 55.2. The van der Waals surface area contributed by atoms with Gasteiger partial charge in [-0.15, -0.1) is 0 Å². The SMILES string of the molecule is CCCCCCCCCCCCCCCCCCCCCCCCCCCCCCCCCCCC(O)C(COC1OC(CO)C(O)C(O)C1O)NC(=O)CCCC. The van der Waals surface area contributed by atoms with Gasteiger partial charge in [0.2, 0.25) is 5.91 Å². The third-order valence-electron chi connectivity index (χ3n) is 12.5. The number of carbonyl (C=O) groups excluding carboxylic acids is 1. The molecule has 0 spiro atoms. The largest absolute Gasteiger partial charge is 0.394 e. The molecule has 0 aromatic carbocycles. The second kappa shape index (κ2) is 40.3. The molecule has 58 heavy (non-hydrogen) atoms. The van der Waals surface area contributed by atoms with Crippen LogP contribution >= 0.6 is 0 Å². The van der Waals surface area contributed by atoms with E-state index in [9.17, 15) is 30.3 Å². The van der Waals surface area contributed by atoms with Crippen LogP contribution in [0.4, 0.5) is 0 Å². The number of hydrogen-bond donors (Lipinski definition) is 6. The van der Waals surface area contributed by atoms with Crippen molar-refractivity contribution in [2.45, 2.75) is 294 Å². The molecule has 1 aliphatic heterocycles. The summed E-state index contributed by atoms with van der Waals surface area (Å²) in [5, 5.41) is 53.7. The predicted octanol–water partition coefficient (Wildman–Crippen LogP) is 11.1. The molecule has 0 aromatic heterocycles. The highest BCUT2D eigenvalue weighted by Crippen LogP contribution is 2.23. The van der Waals surface area contributed by atoms with Crippen LogP contribution in [0.2, 0.25) is 0 Å². The molecule has 9 nitrogen and oxygen atoms in total. The van der Waals surface area contributed by atoms with Crippen LogP contribution in [0.25, 0.3) is 0 Å². The Bertz CT molecular complexity index is 878. The zero-order valence-electron chi connectivity index (χ0n) is 38.1. The van der Waals surface area contributed by atoms with E-state index in [1.54, 1.807) is 0 Å². The van der Waals surface area contributed by atoms with Crippen molar-refractivity contribution >= 4 is 5.91 Å². The number of amides is 1. The van der Waals surface area contributed by atoms with E-state index < -0.39 is 49.5 Å². The Morgan fingerprint density at radius 3 is 1.21 bits per heavy atom. The summed E-state index contributed by atoms with van der Waals surface area (Å²) >= 11 is 0. The van der Waals surface area contributed by atoms with E-state index in [0.717, 1.165) is 32.1 Å². The van der Waals surface area contributed by atoms with Crippen molar-refractivity contribution in [1.82, 2.24) is 5.32 Å². The monoisotopic (exact) mass is 828 g/mol. The molecule has 7 unspecified atom stereocenters. The van der Waals surface area contributed by atoms with Crippen molar-refractivity contribution in [2.75, 3.05) is 13.2 Å². The van der Waals surface area contributed by atoms with Gasteiger partial charge in [0.05, 0.1) is 25.4 Å². The van der Waals surface area contributed by atoms with Crippen LogP contribution < -0.4 is 5.32 Å². The number of rotatable bonds is 43. The van der Waals surface area contributed by atoms with E-state index in [-0.39, 0.29) is 12.5 Å². The molecular weight excluding hydrogens is 731 g/mol. The molecule has 1 aliphatic rings. The number of hydrogen-bond acceptors (Lipinski definition) is 8. The summed E-state index contributed by atoms with van der Waals surface area (Å²) in [5.41, 5.74) is 0. The molecule has 346 valence electrons. The van der Waals surface area contributed by atoms with Gasteiger partial charge < -0.3 is 40.3 Å². The van der Waals surface area contributed by atoms with Crippen molar-refractivity contribution < 1.29 is 39.8 Å². The summed E-state index contributed by atoms with van der Waals surface area (Å²) in [5.74, 6) is -0.176. The Labute approximate surface area is 357 Å². The molecule has 0 bridgehead atoms. The zero-order chi connectivity index (χ0) is 42.3. The van der Waals surface area contributed by atoms with E-state index >= 15 is 0 Å². The van der Waals surface area contributed by atoms with Gasteiger partial charge in [-0.25, -0.2) is 0 Å². The Hall–Kier alpha value is -0.810. The van der Waals surface area contributed by atoms with Gasteiger partial charge in [-0.1, -0.05) is 232 Å². The fourth-order valence-corrected chi connectivity index (χ4v) is 8.38. The first-order chi connectivity index (χ1) is 28.3. The van der Waals surface area contributed by atoms with Gasteiger partial charge in [0.15, 0.2) is 6.29 Å². The van der Waals surface area contributed by atoms with Gasteiger partial charge >= 0.3 is 0 Å². The highest BCUT2D eigenvalue weighted by molar-refractivity contribution is 5.76. The maximum Gasteiger partial charge on any atom is 0.220 e. The molecule has 0 aromatic rings. The van der Waals surface area contributed by atoms with Gasteiger partial charge in [-0.3, -0.25) is 4.79 Å². The lowest BCUT2D eigenvalue weighted by molar-refractivity contribution is -0.302. The molecule has 0 aliphatic carbocycles. The molecule has 1 saturated heterocycles. The van der Waals surface area contributed by atoms with Crippen LogP contribution in [0, 0.1) is 0 Å². The molecule has 9 heteroatoms. The number of carbonyl (C=O) groups is 1. The molecule has 6 N–H and O–H groups in total. The van der Waals surface area contributed by atoms with E-state index in [1.807, 2.05) is 6.92 Å². The molecule has 1 amide bonds. The Kier molecular flexibility index (Phi) is 38.3. The average Bonchev–Trinajstić information content (AvgIpc) is 3.22. The van der Waals surface area contributed by atoms with Crippen LogP contribution in [0.1, 0.15) is 251 Å². The minimum absolute atomic E-state index is 0.138. The van der Waals surface area contributed by atoms with Crippen LogP contribution in [-0.2, 0) is 14.3 Å². The lowest BCUT2D eigenvalue weighted by Crippen LogP contribution is -2.60. The lowest BCUT2D eigenvalue weighted by atomic mass is 9.99. The summed E-state index contributed by atoms with van der Waals surface area (Å²) in [4.78, 5) is 12.5. The summed E-state index contributed by atoms with van der Waals surface area (Å²) in [7, 11) is 0. The third kappa shape index (κ3) is 30.3. The zero-order valence-corrected chi connectivity index (χ0v) is 38.1. The fourth-order valence-electron chi connectivity index (χ4n) is 8.38. The molecule has 1 heterocycles. The van der Waals surface area contributed by atoms with Crippen LogP contribution in [-0.4, -0.2) is 87.5 Å². The highest BCUT2D eigenvalue weighted by Gasteiger charge is 2.44. The molecule has 0 radical (unpaired) electrons. The van der Waals surface area contributed by atoms with Gasteiger partial charge in [0.25, 0.3) is 0 Å². The summed E-state index contributed by atoms with van der Waals surface area (Å²) in [6, 6.07) is -0.708. The average molecular weight is 828 g/mol. The van der Waals surface area contributed by atoms with E-state index in [1.165, 1.54) is 193 Å².